The molecular formula is C4H8O8. The van der Waals surface area contributed by atoms with E-state index in [-0.39, 0.29) is 0 Å². The molecule has 0 aliphatic carbocycles. The molecule has 0 heterocycles. The Morgan fingerprint density at radius 3 is 1.17 bits per heavy atom. The summed E-state index contributed by atoms with van der Waals surface area (Å²) in [7, 11) is 0. The van der Waals surface area contributed by atoms with Crippen molar-refractivity contribution in [2.45, 2.75) is 0 Å². The molecule has 0 radical (unpaired) electrons. The van der Waals surface area contributed by atoms with Gasteiger partial charge in [-0.15, -0.1) is 0 Å². The van der Waals surface area contributed by atoms with Gasteiger partial charge in [0.05, 0.1) is 0 Å². The Balaban J connectivity index is 0. The van der Waals surface area contributed by atoms with Crippen molar-refractivity contribution < 1.29 is 40.1 Å². The summed E-state index contributed by atoms with van der Waals surface area (Å²) in [6, 6.07) is 0. The molecule has 8 nitrogen and oxygen atoms in total. The van der Waals surface area contributed by atoms with E-state index in [1.54, 1.807) is 0 Å². The molecule has 0 saturated carbocycles. The lowest BCUT2D eigenvalue weighted by molar-refractivity contribution is -0.236. The number of aliphatic hydroxyl groups is 2. The smallest absolute Gasteiger partial charge is 0.367 e. The van der Waals surface area contributed by atoms with Gasteiger partial charge < -0.3 is 10.2 Å². The molecule has 0 rings (SSSR count). The van der Waals surface area contributed by atoms with Crippen molar-refractivity contribution in [2.75, 3.05) is 13.2 Å². The Bertz CT molecular complexity index is 103. The largest absolute Gasteiger partial charge is 0.385 e. The summed E-state index contributed by atoms with van der Waals surface area (Å²) in [6.45, 7) is -1.56. The molecule has 0 atom stereocenters. The topological polar surface area (TPSA) is 134 Å². The van der Waals surface area contributed by atoms with Gasteiger partial charge in [0.25, 0.3) is 0 Å². The van der Waals surface area contributed by atoms with E-state index in [1.165, 1.54) is 0 Å². The minimum Gasteiger partial charge on any atom is -0.385 e. The van der Waals surface area contributed by atoms with E-state index in [0.29, 0.717) is 0 Å². The van der Waals surface area contributed by atoms with Crippen molar-refractivity contribution in [3.63, 3.8) is 0 Å². The van der Waals surface area contributed by atoms with Crippen LogP contribution < -0.4 is 0 Å². The molecule has 0 aromatic heterocycles. The second kappa shape index (κ2) is 9.78. The first-order valence-corrected chi connectivity index (χ1v) is 2.52. The fourth-order valence-electron chi connectivity index (χ4n) is 0.0577. The first kappa shape index (κ1) is 13.4. The molecule has 0 aromatic carbocycles. The third-order valence-electron chi connectivity index (χ3n) is 0.462. The van der Waals surface area contributed by atoms with Crippen LogP contribution in [0, 0.1) is 0 Å². The molecule has 0 aliphatic rings. The fraction of sp³-hybridized carbons (Fsp3) is 0.500. The first-order valence-electron chi connectivity index (χ1n) is 2.52. The summed E-state index contributed by atoms with van der Waals surface area (Å²) < 4.78 is 0. The minimum absolute atomic E-state index is 0.781. The number of carbonyl (C=O) groups excluding carboxylic acids is 2. The molecule has 72 valence electrons. The van der Waals surface area contributed by atoms with Crippen LogP contribution in [-0.4, -0.2) is 45.9 Å². The van der Waals surface area contributed by atoms with Crippen molar-refractivity contribution in [1.82, 2.24) is 0 Å². The number of hydrogen-bond donors (Lipinski definition) is 4. The van der Waals surface area contributed by atoms with Gasteiger partial charge in [-0.1, -0.05) is 0 Å². The van der Waals surface area contributed by atoms with E-state index < -0.39 is 25.2 Å². The Hall–Kier alpha value is -1.22. The van der Waals surface area contributed by atoms with E-state index in [4.69, 9.17) is 20.7 Å². The second-order valence-electron chi connectivity index (χ2n) is 1.24. The molecule has 0 aromatic rings. The zero-order valence-electron chi connectivity index (χ0n) is 5.84. The SMILES string of the molecule is O=C(CO)OO.O=C(CO)OO. The minimum atomic E-state index is -1.05. The average Bonchev–Trinajstić information content (AvgIpc) is 2.16. The number of aliphatic hydroxyl groups excluding tert-OH is 2. The molecule has 0 fully saturated rings. The van der Waals surface area contributed by atoms with Crippen LogP contribution in [0.2, 0.25) is 0 Å². The van der Waals surface area contributed by atoms with Gasteiger partial charge in [-0.25, -0.2) is 9.59 Å². The Labute approximate surface area is 66.4 Å². The van der Waals surface area contributed by atoms with Crippen LogP contribution in [0.25, 0.3) is 0 Å². The van der Waals surface area contributed by atoms with Gasteiger partial charge in [0.1, 0.15) is 13.2 Å². The average molecular weight is 184 g/mol. The molecule has 0 amide bonds. The van der Waals surface area contributed by atoms with Crippen molar-refractivity contribution in [3.8, 4) is 0 Å². The van der Waals surface area contributed by atoms with Gasteiger partial charge in [0.15, 0.2) is 0 Å². The van der Waals surface area contributed by atoms with Gasteiger partial charge in [-0.3, -0.25) is 9.78 Å². The Morgan fingerprint density at radius 1 is 0.917 bits per heavy atom. The predicted octanol–water partition coefficient (Wildman–Crippen LogP) is -2.01. The van der Waals surface area contributed by atoms with E-state index >= 15 is 0 Å². The molecular weight excluding hydrogens is 176 g/mol. The Morgan fingerprint density at radius 2 is 1.17 bits per heavy atom. The molecule has 0 unspecified atom stereocenters. The highest BCUT2D eigenvalue weighted by atomic mass is 17.1. The summed E-state index contributed by atoms with van der Waals surface area (Å²) in [5.41, 5.74) is 0. The predicted molar refractivity (Wildman–Crippen MR) is 31.6 cm³/mol. The van der Waals surface area contributed by atoms with E-state index in [1.807, 2.05) is 0 Å². The highest BCUT2D eigenvalue weighted by molar-refractivity contribution is 5.69. The van der Waals surface area contributed by atoms with Crippen molar-refractivity contribution in [1.29, 1.82) is 0 Å². The first-order chi connectivity index (χ1) is 5.62. The zero-order valence-corrected chi connectivity index (χ0v) is 5.84. The molecule has 0 saturated heterocycles. The molecule has 0 aliphatic heterocycles. The van der Waals surface area contributed by atoms with Crippen LogP contribution in [0.1, 0.15) is 0 Å². The quantitative estimate of drug-likeness (QED) is 0.285. The highest BCUT2D eigenvalue weighted by Crippen LogP contribution is 1.63. The lowest BCUT2D eigenvalue weighted by Crippen LogP contribution is -2.04. The van der Waals surface area contributed by atoms with Crippen LogP contribution in [0.3, 0.4) is 0 Å². The standard InChI is InChI=1S/2C2H4O4/c2*3-1-2(4)6-5/h2*3,5H,1H2. The van der Waals surface area contributed by atoms with Crippen LogP contribution >= 0.6 is 0 Å². The normalized spacial score (nSPS) is 7.67. The molecule has 0 spiro atoms. The lowest BCUT2D eigenvalue weighted by atomic mass is 10.8. The van der Waals surface area contributed by atoms with Gasteiger partial charge in [-0.2, -0.15) is 10.5 Å². The second-order valence-corrected chi connectivity index (χ2v) is 1.24. The van der Waals surface area contributed by atoms with Crippen LogP contribution in [0.5, 0.6) is 0 Å². The summed E-state index contributed by atoms with van der Waals surface area (Å²) >= 11 is 0. The van der Waals surface area contributed by atoms with E-state index in [2.05, 4.69) is 9.78 Å². The molecule has 8 heteroatoms. The van der Waals surface area contributed by atoms with Gasteiger partial charge in [0.2, 0.25) is 0 Å². The summed E-state index contributed by atoms with van der Waals surface area (Å²) in [5, 5.41) is 30.1. The summed E-state index contributed by atoms with van der Waals surface area (Å²) in [6.07, 6.45) is 0. The van der Waals surface area contributed by atoms with Gasteiger partial charge in [-0.05, 0) is 0 Å². The summed E-state index contributed by atoms with van der Waals surface area (Å²) in [4.78, 5) is 24.9. The lowest BCUT2D eigenvalue weighted by Gasteiger charge is -1.83. The van der Waals surface area contributed by atoms with Crippen molar-refractivity contribution >= 4 is 11.9 Å². The Kier molecular flexibility index (Phi) is 10.9. The third kappa shape index (κ3) is 11.6. The molecule has 4 N–H and O–H groups in total. The summed E-state index contributed by atoms with van der Waals surface area (Å²) in [5.74, 6) is -2.09. The highest BCUT2D eigenvalue weighted by Gasteiger charge is 1.92. The van der Waals surface area contributed by atoms with Crippen LogP contribution in [-0.2, 0) is 19.4 Å². The van der Waals surface area contributed by atoms with E-state index in [9.17, 15) is 9.59 Å². The van der Waals surface area contributed by atoms with Crippen LogP contribution in [0.4, 0.5) is 0 Å². The number of hydrogen-bond acceptors (Lipinski definition) is 8. The van der Waals surface area contributed by atoms with Gasteiger partial charge in [0, 0.05) is 0 Å². The maximum absolute atomic E-state index is 9.46. The van der Waals surface area contributed by atoms with Crippen molar-refractivity contribution in [2.24, 2.45) is 0 Å². The molecule has 12 heavy (non-hydrogen) atoms. The van der Waals surface area contributed by atoms with Gasteiger partial charge >= 0.3 is 11.9 Å². The maximum atomic E-state index is 9.46. The number of carbonyl (C=O) groups is 2. The third-order valence-corrected chi connectivity index (χ3v) is 0.462. The zero-order chi connectivity index (χ0) is 9.98. The van der Waals surface area contributed by atoms with Crippen molar-refractivity contribution in [3.05, 3.63) is 0 Å². The fourth-order valence-corrected chi connectivity index (χ4v) is 0.0577. The molecule has 0 bridgehead atoms. The number of rotatable bonds is 2. The van der Waals surface area contributed by atoms with E-state index in [0.717, 1.165) is 0 Å². The maximum Gasteiger partial charge on any atom is 0.367 e. The van der Waals surface area contributed by atoms with Crippen LogP contribution in [0.15, 0.2) is 0 Å². The monoisotopic (exact) mass is 184 g/mol.